The Labute approximate surface area is 170 Å². The Morgan fingerprint density at radius 1 is 1.11 bits per heavy atom. The zero-order chi connectivity index (χ0) is 19.2. The van der Waals surface area contributed by atoms with Crippen LogP contribution in [0.2, 0.25) is 0 Å². The lowest BCUT2D eigenvalue weighted by molar-refractivity contribution is -0.120. The van der Waals surface area contributed by atoms with Crippen LogP contribution >= 0.6 is 12.4 Å². The van der Waals surface area contributed by atoms with Crippen LogP contribution in [0.25, 0.3) is 0 Å². The van der Waals surface area contributed by atoms with Crippen molar-refractivity contribution in [3.8, 4) is 5.75 Å². The Bertz CT molecular complexity index is 786. The topological polar surface area (TPSA) is 96.7 Å². The van der Waals surface area contributed by atoms with Crippen LogP contribution in [0.1, 0.15) is 11.5 Å². The van der Waals surface area contributed by atoms with E-state index in [1.54, 1.807) is 31.4 Å². The number of amides is 3. The van der Waals surface area contributed by atoms with Crippen LogP contribution in [-0.2, 0) is 4.79 Å². The maximum Gasteiger partial charge on any atom is 0.325 e. The van der Waals surface area contributed by atoms with E-state index in [1.165, 1.54) is 5.56 Å². The maximum atomic E-state index is 12.2. The fraction of sp³-hybridized carbons (Fsp3) is 0.300. The number of anilines is 1. The van der Waals surface area contributed by atoms with Gasteiger partial charge >= 0.3 is 6.03 Å². The molecule has 2 aromatic carbocycles. The van der Waals surface area contributed by atoms with Crippen LogP contribution in [0.5, 0.6) is 5.75 Å². The second-order valence-electron chi connectivity index (χ2n) is 6.61. The molecule has 0 unspecified atom stereocenters. The molecule has 2 atom stereocenters. The summed E-state index contributed by atoms with van der Waals surface area (Å²) >= 11 is 0. The molecule has 0 spiro atoms. The second kappa shape index (κ2) is 10.1. The number of urea groups is 1. The number of nitrogens with zero attached hydrogens (tertiary/aromatic N) is 1. The van der Waals surface area contributed by atoms with Crippen molar-refractivity contribution in [1.82, 2.24) is 10.2 Å². The highest BCUT2D eigenvalue weighted by atomic mass is 35.5. The van der Waals surface area contributed by atoms with Gasteiger partial charge in [-0.25, -0.2) is 4.79 Å². The zero-order valence-electron chi connectivity index (χ0n) is 15.6. The van der Waals surface area contributed by atoms with E-state index in [9.17, 15) is 9.59 Å². The van der Waals surface area contributed by atoms with E-state index in [1.807, 2.05) is 23.1 Å². The van der Waals surface area contributed by atoms with Gasteiger partial charge in [0.2, 0.25) is 5.91 Å². The van der Waals surface area contributed by atoms with Gasteiger partial charge in [0.25, 0.3) is 0 Å². The number of ether oxygens (including phenoxy) is 1. The third-order valence-corrected chi connectivity index (χ3v) is 4.64. The third-order valence-electron chi connectivity index (χ3n) is 4.64. The summed E-state index contributed by atoms with van der Waals surface area (Å²) < 4.78 is 5.06. The average molecular weight is 405 g/mol. The Morgan fingerprint density at radius 3 is 2.43 bits per heavy atom. The number of imide groups is 1. The van der Waals surface area contributed by atoms with Crippen LogP contribution in [0.15, 0.2) is 54.6 Å². The molecule has 1 aliphatic rings. The molecular weight excluding hydrogens is 380 g/mol. The third kappa shape index (κ3) is 5.69. The van der Waals surface area contributed by atoms with Gasteiger partial charge in [0.15, 0.2) is 0 Å². The van der Waals surface area contributed by atoms with Crippen LogP contribution in [0, 0.1) is 0 Å². The molecule has 28 heavy (non-hydrogen) atoms. The van der Waals surface area contributed by atoms with Crippen molar-refractivity contribution in [3.63, 3.8) is 0 Å². The molecule has 2 aromatic rings. The molecule has 1 aliphatic heterocycles. The molecule has 0 saturated carbocycles. The van der Waals surface area contributed by atoms with Gasteiger partial charge in [-0.2, -0.15) is 0 Å². The predicted molar refractivity (Wildman–Crippen MR) is 111 cm³/mol. The van der Waals surface area contributed by atoms with Crippen LogP contribution in [-0.4, -0.2) is 49.6 Å². The number of carbonyl (C=O) groups is 2. The first kappa shape index (κ1) is 21.7. The summed E-state index contributed by atoms with van der Waals surface area (Å²) in [5.41, 5.74) is 7.99. The molecule has 0 radical (unpaired) electrons. The van der Waals surface area contributed by atoms with Crippen molar-refractivity contribution in [3.05, 3.63) is 60.2 Å². The first-order valence-corrected chi connectivity index (χ1v) is 8.83. The average Bonchev–Trinajstić information content (AvgIpc) is 3.02. The number of methoxy groups -OCH3 is 1. The quantitative estimate of drug-likeness (QED) is 0.709. The van der Waals surface area contributed by atoms with Crippen LogP contribution in [0.4, 0.5) is 10.5 Å². The molecule has 1 saturated heterocycles. The summed E-state index contributed by atoms with van der Waals surface area (Å²) in [5, 5.41) is 4.97. The van der Waals surface area contributed by atoms with Crippen molar-refractivity contribution in [2.24, 2.45) is 5.73 Å². The molecule has 3 rings (SSSR count). The number of carbonyl (C=O) groups excluding carboxylic acids is 2. The molecule has 0 aliphatic carbocycles. The number of benzene rings is 2. The fourth-order valence-corrected chi connectivity index (χ4v) is 3.30. The highest BCUT2D eigenvalue weighted by Crippen LogP contribution is 2.25. The van der Waals surface area contributed by atoms with Crippen molar-refractivity contribution in [1.29, 1.82) is 0 Å². The highest BCUT2D eigenvalue weighted by Gasteiger charge is 2.32. The van der Waals surface area contributed by atoms with Gasteiger partial charge in [-0.15, -0.1) is 12.4 Å². The van der Waals surface area contributed by atoms with Crippen molar-refractivity contribution >= 4 is 30.0 Å². The molecular formula is C20H25ClN4O3. The number of nitrogens with two attached hydrogens (primary N) is 1. The van der Waals surface area contributed by atoms with Crippen molar-refractivity contribution < 1.29 is 14.3 Å². The SMILES string of the molecule is COc1ccc(NC(=O)NC(=O)CN2C[C@@H](N)[C@H](c3ccccc3)C2)cc1.Cl. The second-order valence-corrected chi connectivity index (χ2v) is 6.61. The smallest absolute Gasteiger partial charge is 0.325 e. The van der Waals surface area contributed by atoms with E-state index < -0.39 is 6.03 Å². The molecule has 150 valence electrons. The molecule has 7 nitrogen and oxygen atoms in total. The van der Waals surface area contributed by atoms with Gasteiger partial charge in [0.1, 0.15) is 5.75 Å². The van der Waals surface area contributed by atoms with Gasteiger partial charge in [-0.1, -0.05) is 30.3 Å². The number of hydrogen-bond acceptors (Lipinski definition) is 5. The Morgan fingerprint density at radius 2 is 1.79 bits per heavy atom. The standard InChI is InChI=1S/C20H24N4O3.ClH/c1-27-16-9-7-15(8-10-16)22-20(26)23-19(25)13-24-11-17(18(21)12-24)14-5-3-2-4-6-14;/h2-10,17-18H,11-13,21H2,1H3,(H2,22,23,25,26);1H/t17-,18+;/m0./s1. The summed E-state index contributed by atoms with van der Waals surface area (Å²) in [6, 6.07) is 16.3. The summed E-state index contributed by atoms with van der Waals surface area (Å²) in [5.74, 6) is 0.518. The Balaban J connectivity index is 0.00000280. The van der Waals surface area contributed by atoms with E-state index in [0.29, 0.717) is 24.5 Å². The molecule has 1 heterocycles. The minimum Gasteiger partial charge on any atom is -0.497 e. The lowest BCUT2D eigenvalue weighted by atomic mass is 9.95. The lowest BCUT2D eigenvalue weighted by Crippen LogP contribution is -2.41. The van der Waals surface area contributed by atoms with E-state index in [-0.39, 0.29) is 36.8 Å². The van der Waals surface area contributed by atoms with Crippen LogP contribution < -0.4 is 21.1 Å². The van der Waals surface area contributed by atoms with Gasteiger partial charge in [-0.05, 0) is 29.8 Å². The lowest BCUT2D eigenvalue weighted by Gasteiger charge is -2.15. The van der Waals surface area contributed by atoms with Gasteiger partial charge in [0, 0.05) is 30.7 Å². The summed E-state index contributed by atoms with van der Waals surface area (Å²) in [7, 11) is 1.57. The molecule has 0 aromatic heterocycles. The fourth-order valence-electron chi connectivity index (χ4n) is 3.30. The molecule has 0 bridgehead atoms. The summed E-state index contributed by atoms with van der Waals surface area (Å²) in [6.45, 7) is 1.44. The van der Waals surface area contributed by atoms with E-state index >= 15 is 0 Å². The maximum absolute atomic E-state index is 12.2. The van der Waals surface area contributed by atoms with E-state index in [2.05, 4.69) is 22.8 Å². The first-order chi connectivity index (χ1) is 13.0. The Kier molecular flexibility index (Phi) is 7.80. The minimum atomic E-state index is -0.562. The highest BCUT2D eigenvalue weighted by molar-refractivity contribution is 6.01. The number of nitrogens with one attached hydrogen (secondary N) is 2. The number of likely N-dealkylation sites (tertiary alicyclic amines) is 1. The normalized spacial score (nSPS) is 18.8. The van der Waals surface area contributed by atoms with Crippen molar-refractivity contribution in [2.75, 3.05) is 32.1 Å². The predicted octanol–water partition coefficient (Wildman–Crippen LogP) is 2.19. The van der Waals surface area contributed by atoms with Crippen molar-refractivity contribution in [2.45, 2.75) is 12.0 Å². The Hall–Kier alpha value is -2.61. The van der Waals surface area contributed by atoms with Gasteiger partial charge < -0.3 is 15.8 Å². The molecule has 3 amide bonds. The van der Waals surface area contributed by atoms with Crippen LogP contribution in [0.3, 0.4) is 0 Å². The largest absolute Gasteiger partial charge is 0.497 e. The summed E-state index contributed by atoms with van der Waals surface area (Å²) in [6.07, 6.45) is 0. The molecule has 8 heteroatoms. The minimum absolute atomic E-state index is 0. The van der Waals surface area contributed by atoms with Gasteiger partial charge in [-0.3, -0.25) is 15.0 Å². The van der Waals surface area contributed by atoms with E-state index in [0.717, 1.165) is 0 Å². The first-order valence-electron chi connectivity index (χ1n) is 8.83. The van der Waals surface area contributed by atoms with E-state index in [4.69, 9.17) is 10.5 Å². The number of hydrogen-bond donors (Lipinski definition) is 3. The monoisotopic (exact) mass is 404 g/mol. The summed E-state index contributed by atoms with van der Waals surface area (Å²) in [4.78, 5) is 26.1. The number of halogens is 1. The number of rotatable bonds is 5. The van der Waals surface area contributed by atoms with Gasteiger partial charge in [0.05, 0.1) is 13.7 Å². The molecule has 1 fully saturated rings. The zero-order valence-corrected chi connectivity index (χ0v) is 16.4. The molecule has 4 N–H and O–H groups in total.